The minimum absolute atomic E-state index is 0.163. The lowest BCUT2D eigenvalue weighted by Gasteiger charge is -2.10. The van der Waals surface area contributed by atoms with Crippen LogP contribution in [-0.2, 0) is 11.2 Å². The van der Waals surface area contributed by atoms with Crippen LogP contribution in [0.3, 0.4) is 0 Å². The highest BCUT2D eigenvalue weighted by Gasteiger charge is 2.10. The maximum atomic E-state index is 13.2. The maximum absolute atomic E-state index is 13.2. The summed E-state index contributed by atoms with van der Waals surface area (Å²) in [6, 6.07) is 15.2. The van der Waals surface area contributed by atoms with Crippen molar-refractivity contribution < 1.29 is 13.6 Å². The standard InChI is InChI=1S/C19H15F2NOS/c20-15-9-7-13(12-16(15)21)8-10-19(23)22-17-5-2-1-4-14(17)18-6-3-11-24-18/h1-7,9,11-12H,8,10H2,(H,22,23). The topological polar surface area (TPSA) is 29.1 Å². The summed E-state index contributed by atoms with van der Waals surface area (Å²) in [5.74, 6) is -1.94. The van der Waals surface area contributed by atoms with Crippen LogP contribution in [0.4, 0.5) is 14.5 Å². The molecule has 0 unspecified atom stereocenters. The van der Waals surface area contributed by atoms with E-state index in [9.17, 15) is 13.6 Å². The summed E-state index contributed by atoms with van der Waals surface area (Å²) in [5.41, 5.74) is 2.31. The zero-order chi connectivity index (χ0) is 16.9. The molecule has 0 saturated carbocycles. The van der Waals surface area contributed by atoms with E-state index < -0.39 is 11.6 Å². The van der Waals surface area contributed by atoms with Crippen molar-refractivity contribution >= 4 is 22.9 Å². The summed E-state index contributed by atoms with van der Waals surface area (Å²) in [6.07, 6.45) is 0.550. The Bertz CT molecular complexity index is 846. The van der Waals surface area contributed by atoms with Crippen LogP contribution in [0.1, 0.15) is 12.0 Å². The van der Waals surface area contributed by atoms with Crippen LogP contribution in [0.25, 0.3) is 10.4 Å². The van der Waals surface area contributed by atoms with Crippen molar-refractivity contribution in [3.8, 4) is 10.4 Å². The number of carbonyl (C=O) groups excluding carboxylic acids is 1. The van der Waals surface area contributed by atoms with Crippen molar-refractivity contribution in [3.63, 3.8) is 0 Å². The smallest absolute Gasteiger partial charge is 0.224 e. The fourth-order valence-electron chi connectivity index (χ4n) is 2.40. The van der Waals surface area contributed by atoms with Gasteiger partial charge in [-0.25, -0.2) is 8.78 Å². The van der Waals surface area contributed by atoms with Crippen LogP contribution in [0.5, 0.6) is 0 Å². The Labute approximate surface area is 142 Å². The SMILES string of the molecule is O=C(CCc1ccc(F)c(F)c1)Nc1ccccc1-c1cccs1. The Morgan fingerprint density at radius 1 is 1.00 bits per heavy atom. The average Bonchev–Trinajstić information content (AvgIpc) is 3.11. The Morgan fingerprint density at radius 2 is 1.83 bits per heavy atom. The molecule has 0 fully saturated rings. The summed E-state index contributed by atoms with van der Waals surface area (Å²) in [5, 5.41) is 4.88. The summed E-state index contributed by atoms with van der Waals surface area (Å²) >= 11 is 1.60. The number of benzene rings is 2. The third-order valence-electron chi connectivity index (χ3n) is 3.61. The van der Waals surface area contributed by atoms with Gasteiger partial charge in [-0.05, 0) is 41.6 Å². The molecule has 0 atom stereocenters. The van der Waals surface area contributed by atoms with Crippen molar-refractivity contribution in [2.24, 2.45) is 0 Å². The van der Waals surface area contributed by atoms with Crippen molar-refractivity contribution in [2.45, 2.75) is 12.8 Å². The van der Waals surface area contributed by atoms with E-state index in [-0.39, 0.29) is 12.3 Å². The highest BCUT2D eigenvalue weighted by molar-refractivity contribution is 7.13. The second-order valence-corrected chi connectivity index (χ2v) is 6.27. The van der Waals surface area contributed by atoms with Crippen molar-refractivity contribution in [2.75, 3.05) is 5.32 Å². The molecular formula is C19H15F2NOS. The van der Waals surface area contributed by atoms with Crippen molar-refractivity contribution in [3.05, 3.63) is 77.2 Å². The lowest BCUT2D eigenvalue weighted by molar-refractivity contribution is -0.116. The van der Waals surface area contributed by atoms with E-state index in [1.54, 1.807) is 11.3 Å². The van der Waals surface area contributed by atoms with Gasteiger partial charge in [0.25, 0.3) is 0 Å². The van der Waals surface area contributed by atoms with Crippen LogP contribution in [0, 0.1) is 11.6 Å². The van der Waals surface area contributed by atoms with Gasteiger partial charge < -0.3 is 5.32 Å². The van der Waals surface area contributed by atoms with Crippen LogP contribution in [0.2, 0.25) is 0 Å². The summed E-state index contributed by atoms with van der Waals surface area (Å²) in [6.45, 7) is 0. The normalized spacial score (nSPS) is 10.6. The van der Waals surface area contributed by atoms with E-state index in [2.05, 4.69) is 5.32 Å². The Hall–Kier alpha value is -2.53. The molecular weight excluding hydrogens is 328 g/mol. The summed E-state index contributed by atoms with van der Waals surface area (Å²) < 4.78 is 26.1. The molecule has 0 bridgehead atoms. The second-order valence-electron chi connectivity index (χ2n) is 5.32. The molecule has 0 saturated heterocycles. The van der Waals surface area contributed by atoms with E-state index in [1.165, 1.54) is 6.07 Å². The average molecular weight is 343 g/mol. The Kier molecular flexibility index (Phi) is 5.01. The number of nitrogens with one attached hydrogen (secondary N) is 1. The van der Waals surface area contributed by atoms with Crippen LogP contribution in [-0.4, -0.2) is 5.91 Å². The fraction of sp³-hybridized carbons (Fsp3) is 0.105. The van der Waals surface area contributed by atoms with Crippen molar-refractivity contribution in [1.29, 1.82) is 0 Å². The number of carbonyl (C=O) groups is 1. The molecule has 0 aliphatic heterocycles. The number of hydrogen-bond acceptors (Lipinski definition) is 2. The molecule has 1 N–H and O–H groups in total. The number of amides is 1. The highest BCUT2D eigenvalue weighted by Crippen LogP contribution is 2.31. The first-order valence-corrected chi connectivity index (χ1v) is 8.38. The minimum atomic E-state index is -0.893. The van der Waals surface area contributed by atoms with Gasteiger partial charge in [0.15, 0.2) is 11.6 Å². The Morgan fingerprint density at radius 3 is 2.58 bits per heavy atom. The fourth-order valence-corrected chi connectivity index (χ4v) is 3.17. The monoisotopic (exact) mass is 343 g/mol. The first kappa shape index (κ1) is 16.3. The zero-order valence-electron chi connectivity index (χ0n) is 12.8. The Balaban J connectivity index is 1.66. The largest absolute Gasteiger partial charge is 0.325 e. The molecule has 2 nitrogen and oxygen atoms in total. The van der Waals surface area contributed by atoms with E-state index in [0.29, 0.717) is 12.0 Å². The van der Waals surface area contributed by atoms with Gasteiger partial charge in [0.05, 0.1) is 0 Å². The number of hydrogen-bond donors (Lipinski definition) is 1. The predicted molar refractivity (Wildman–Crippen MR) is 93.1 cm³/mol. The minimum Gasteiger partial charge on any atom is -0.325 e. The lowest BCUT2D eigenvalue weighted by Crippen LogP contribution is -2.13. The first-order valence-electron chi connectivity index (χ1n) is 7.50. The van der Waals surface area contributed by atoms with Crippen LogP contribution < -0.4 is 5.32 Å². The third-order valence-corrected chi connectivity index (χ3v) is 4.52. The lowest BCUT2D eigenvalue weighted by atomic mass is 10.1. The van der Waals surface area contributed by atoms with Gasteiger partial charge in [-0.15, -0.1) is 11.3 Å². The first-order chi connectivity index (χ1) is 11.6. The molecule has 1 aromatic heterocycles. The molecule has 0 aliphatic rings. The van der Waals surface area contributed by atoms with Crippen LogP contribution >= 0.6 is 11.3 Å². The van der Waals surface area contributed by atoms with Gasteiger partial charge in [-0.2, -0.15) is 0 Å². The number of halogens is 2. The molecule has 1 amide bonds. The van der Waals surface area contributed by atoms with Gasteiger partial charge >= 0.3 is 0 Å². The second kappa shape index (κ2) is 7.36. The number of aryl methyl sites for hydroxylation is 1. The number of rotatable bonds is 5. The number of para-hydroxylation sites is 1. The zero-order valence-corrected chi connectivity index (χ0v) is 13.6. The molecule has 122 valence electrons. The molecule has 3 aromatic rings. The van der Waals surface area contributed by atoms with Gasteiger partial charge in [-0.3, -0.25) is 4.79 Å². The predicted octanol–water partition coefficient (Wildman–Crippen LogP) is 5.26. The van der Waals surface area contributed by atoms with Gasteiger partial charge in [0, 0.05) is 22.5 Å². The molecule has 2 aromatic carbocycles. The van der Waals surface area contributed by atoms with Gasteiger partial charge in [0.1, 0.15) is 0 Å². The van der Waals surface area contributed by atoms with Crippen molar-refractivity contribution in [1.82, 2.24) is 0 Å². The van der Waals surface area contributed by atoms with E-state index in [4.69, 9.17) is 0 Å². The van der Waals surface area contributed by atoms with Gasteiger partial charge in [0.2, 0.25) is 5.91 Å². The molecule has 3 rings (SSSR count). The molecule has 1 heterocycles. The van der Waals surface area contributed by atoms with E-state index in [0.717, 1.165) is 28.3 Å². The summed E-state index contributed by atoms with van der Waals surface area (Å²) in [7, 11) is 0. The highest BCUT2D eigenvalue weighted by atomic mass is 32.1. The molecule has 0 spiro atoms. The van der Waals surface area contributed by atoms with Gasteiger partial charge in [-0.1, -0.05) is 30.3 Å². The molecule has 24 heavy (non-hydrogen) atoms. The number of thiophene rings is 1. The van der Waals surface area contributed by atoms with Crippen LogP contribution in [0.15, 0.2) is 60.0 Å². The quantitative estimate of drug-likeness (QED) is 0.672. The molecule has 5 heteroatoms. The van der Waals surface area contributed by atoms with E-state index in [1.807, 2.05) is 41.8 Å². The molecule has 0 aliphatic carbocycles. The third kappa shape index (κ3) is 3.86. The van der Waals surface area contributed by atoms with E-state index >= 15 is 0 Å². The number of anilines is 1. The summed E-state index contributed by atoms with van der Waals surface area (Å²) in [4.78, 5) is 13.3. The maximum Gasteiger partial charge on any atom is 0.224 e. The molecule has 0 radical (unpaired) electrons.